The standard InChI is InChI=1S/C48H30S/c1-2-12-31(13-3-1)35-29-26-32-14-10-21-42(44(32)30-35)47-40-18-6-4-16-38(40)46(39-17-5-7-19-41(39)47)34-27-24-33(25-28-34)36-20-11-22-43-37-15-8-9-23-45(37)49-48(36)43/h1-30H. The van der Waals surface area contributed by atoms with Gasteiger partial charge in [-0.05, 0) is 89.0 Å². The summed E-state index contributed by atoms with van der Waals surface area (Å²) in [7, 11) is 0. The first kappa shape index (κ1) is 28.0. The van der Waals surface area contributed by atoms with Gasteiger partial charge < -0.3 is 0 Å². The van der Waals surface area contributed by atoms with Crippen LogP contribution < -0.4 is 0 Å². The van der Waals surface area contributed by atoms with Crippen LogP contribution in [-0.4, -0.2) is 0 Å². The van der Waals surface area contributed by atoms with Crippen LogP contribution in [0.25, 0.3) is 97.0 Å². The van der Waals surface area contributed by atoms with Crippen LogP contribution >= 0.6 is 11.3 Å². The highest BCUT2D eigenvalue weighted by molar-refractivity contribution is 7.26. The van der Waals surface area contributed by atoms with E-state index in [4.69, 9.17) is 0 Å². The van der Waals surface area contributed by atoms with Crippen molar-refractivity contribution >= 4 is 63.8 Å². The first-order valence-corrected chi connectivity index (χ1v) is 17.7. The lowest BCUT2D eigenvalue weighted by atomic mass is 9.84. The number of thiophene rings is 1. The fraction of sp³-hybridized carbons (Fsp3) is 0. The van der Waals surface area contributed by atoms with Gasteiger partial charge in [0.15, 0.2) is 0 Å². The Kier molecular flexibility index (Phi) is 6.47. The van der Waals surface area contributed by atoms with Crippen LogP contribution in [0.1, 0.15) is 0 Å². The fourth-order valence-electron chi connectivity index (χ4n) is 7.82. The van der Waals surface area contributed by atoms with E-state index < -0.39 is 0 Å². The Morgan fingerprint density at radius 3 is 1.57 bits per heavy atom. The largest absolute Gasteiger partial charge is 0.135 e. The number of rotatable bonds is 4. The van der Waals surface area contributed by atoms with Crippen molar-refractivity contribution in [1.29, 1.82) is 0 Å². The van der Waals surface area contributed by atoms with Crippen LogP contribution in [-0.2, 0) is 0 Å². The van der Waals surface area contributed by atoms with E-state index in [9.17, 15) is 0 Å². The third kappa shape index (κ3) is 4.51. The zero-order chi connectivity index (χ0) is 32.3. The molecule has 1 aromatic heterocycles. The number of benzene rings is 9. The molecule has 228 valence electrons. The van der Waals surface area contributed by atoms with Crippen LogP contribution in [0.3, 0.4) is 0 Å². The molecule has 0 saturated heterocycles. The molecule has 0 amide bonds. The van der Waals surface area contributed by atoms with Gasteiger partial charge in [-0.3, -0.25) is 0 Å². The molecule has 0 bridgehead atoms. The molecule has 0 aliphatic rings. The molecule has 0 spiro atoms. The lowest BCUT2D eigenvalue weighted by Gasteiger charge is -2.19. The zero-order valence-electron chi connectivity index (χ0n) is 26.7. The smallest absolute Gasteiger partial charge is 0.0433 e. The Morgan fingerprint density at radius 1 is 0.286 bits per heavy atom. The zero-order valence-corrected chi connectivity index (χ0v) is 27.5. The number of fused-ring (bicyclic) bond motifs is 6. The van der Waals surface area contributed by atoms with E-state index in [1.54, 1.807) is 0 Å². The van der Waals surface area contributed by atoms with Crippen LogP contribution in [0.2, 0.25) is 0 Å². The van der Waals surface area contributed by atoms with E-state index in [0.717, 1.165) is 0 Å². The van der Waals surface area contributed by atoms with Gasteiger partial charge in [-0.25, -0.2) is 0 Å². The summed E-state index contributed by atoms with van der Waals surface area (Å²) in [6.45, 7) is 0. The van der Waals surface area contributed by atoms with Crippen molar-refractivity contribution in [2.24, 2.45) is 0 Å². The monoisotopic (exact) mass is 638 g/mol. The van der Waals surface area contributed by atoms with Crippen molar-refractivity contribution in [2.45, 2.75) is 0 Å². The Balaban J connectivity index is 1.18. The van der Waals surface area contributed by atoms with Crippen molar-refractivity contribution < 1.29 is 0 Å². The molecule has 0 atom stereocenters. The summed E-state index contributed by atoms with van der Waals surface area (Å²) in [5, 5.41) is 10.3. The molecule has 10 rings (SSSR count). The van der Waals surface area contributed by atoms with Gasteiger partial charge in [0.1, 0.15) is 0 Å². The van der Waals surface area contributed by atoms with Crippen LogP contribution in [0.4, 0.5) is 0 Å². The van der Waals surface area contributed by atoms with E-state index in [1.165, 1.54) is 97.0 Å². The normalized spacial score (nSPS) is 11.7. The molecule has 0 nitrogen and oxygen atoms in total. The van der Waals surface area contributed by atoms with Crippen LogP contribution in [0.15, 0.2) is 182 Å². The maximum absolute atomic E-state index is 2.37. The minimum Gasteiger partial charge on any atom is -0.135 e. The molecular formula is C48H30S. The lowest BCUT2D eigenvalue weighted by molar-refractivity contribution is 1.63. The molecule has 9 aromatic carbocycles. The Morgan fingerprint density at radius 2 is 0.837 bits per heavy atom. The molecule has 1 heteroatoms. The maximum Gasteiger partial charge on any atom is 0.0433 e. The van der Waals surface area contributed by atoms with Crippen molar-refractivity contribution in [3.05, 3.63) is 182 Å². The third-order valence-electron chi connectivity index (χ3n) is 10.1. The first-order chi connectivity index (χ1) is 24.3. The second kappa shape index (κ2) is 11.3. The Bertz CT molecular complexity index is 2800. The van der Waals surface area contributed by atoms with Crippen molar-refractivity contribution in [3.63, 3.8) is 0 Å². The van der Waals surface area contributed by atoms with Gasteiger partial charge in [-0.1, -0.05) is 170 Å². The van der Waals surface area contributed by atoms with E-state index in [-0.39, 0.29) is 0 Å². The van der Waals surface area contributed by atoms with Crippen LogP contribution in [0, 0.1) is 0 Å². The quantitative estimate of drug-likeness (QED) is 0.168. The highest BCUT2D eigenvalue weighted by atomic mass is 32.1. The third-order valence-corrected chi connectivity index (χ3v) is 11.3. The fourth-order valence-corrected chi connectivity index (χ4v) is 9.06. The topological polar surface area (TPSA) is 0 Å². The Labute approximate surface area is 289 Å². The number of hydrogen-bond acceptors (Lipinski definition) is 1. The minimum atomic E-state index is 1.23. The van der Waals surface area contributed by atoms with Crippen molar-refractivity contribution in [2.75, 3.05) is 0 Å². The van der Waals surface area contributed by atoms with Gasteiger partial charge in [0.2, 0.25) is 0 Å². The molecule has 0 aliphatic heterocycles. The lowest BCUT2D eigenvalue weighted by Crippen LogP contribution is -1.92. The molecule has 0 unspecified atom stereocenters. The second-order valence-electron chi connectivity index (χ2n) is 12.8. The molecule has 0 fully saturated rings. The molecule has 0 N–H and O–H groups in total. The van der Waals surface area contributed by atoms with Gasteiger partial charge >= 0.3 is 0 Å². The van der Waals surface area contributed by atoms with E-state index in [2.05, 4.69) is 182 Å². The second-order valence-corrected chi connectivity index (χ2v) is 13.9. The van der Waals surface area contributed by atoms with Gasteiger partial charge in [0.05, 0.1) is 0 Å². The highest BCUT2D eigenvalue weighted by Gasteiger charge is 2.18. The van der Waals surface area contributed by atoms with Crippen molar-refractivity contribution in [3.8, 4) is 44.5 Å². The molecular weight excluding hydrogens is 609 g/mol. The maximum atomic E-state index is 2.37. The molecule has 0 radical (unpaired) electrons. The predicted octanol–water partition coefficient (Wildman–Crippen LogP) is 14.2. The summed E-state index contributed by atoms with van der Waals surface area (Å²) in [5.74, 6) is 0. The summed E-state index contributed by atoms with van der Waals surface area (Å²) < 4.78 is 2.68. The van der Waals surface area contributed by atoms with Gasteiger partial charge in [-0.15, -0.1) is 11.3 Å². The number of hydrogen-bond donors (Lipinski definition) is 0. The van der Waals surface area contributed by atoms with Gasteiger partial charge in [-0.2, -0.15) is 0 Å². The summed E-state index contributed by atoms with van der Waals surface area (Å²) in [6, 6.07) is 66.9. The molecule has 49 heavy (non-hydrogen) atoms. The average Bonchev–Trinajstić information content (AvgIpc) is 3.56. The van der Waals surface area contributed by atoms with E-state index in [1.807, 2.05) is 11.3 Å². The Hall–Kier alpha value is -6.02. The summed E-state index contributed by atoms with van der Waals surface area (Å²) in [6.07, 6.45) is 0. The molecule has 0 aliphatic carbocycles. The molecule has 10 aromatic rings. The van der Waals surface area contributed by atoms with Gasteiger partial charge in [0.25, 0.3) is 0 Å². The van der Waals surface area contributed by atoms with E-state index in [0.29, 0.717) is 0 Å². The summed E-state index contributed by atoms with van der Waals surface area (Å²) >= 11 is 1.89. The van der Waals surface area contributed by atoms with Gasteiger partial charge in [0, 0.05) is 20.2 Å². The molecule has 0 saturated carbocycles. The minimum absolute atomic E-state index is 1.23. The highest BCUT2D eigenvalue weighted by Crippen LogP contribution is 2.46. The van der Waals surface area contributed by atoms with Crippen LogP contribution in [0.5, 0.6) is 0 Å². The van der Waals surface area contributed by atoms with Crippen molar-refractivity contribution in [1.82, 2.24) is 0 Å². The summed E-state index contributed by atoms with van der Waals surface area (Å²) in [5.41, 5.74) is 10.1. The first-order valence-electron chi connectivity index (χ1n) is 16.8. The molecule has 1 heterocycles. The average molecular weight is 639 g/mol. The summed E-state index contributed by atoms with van der Waals surface area (Å²) in [4.78, 5) is 0. The predicted molar refractivity (Wildman–Crippen MR) is 214 cm³/mol. The SMILES string of the molecule is c1ccc(-c2ccc3cccc(-c4c5ccccc5c(-c5ccc(-c6cccc7c6sc6ccccc67)cc5)c5ccccc45)c3c2)cc1. The van der Waals surface area contributed by atoms with E-state index >= 15 is 0 Å².